The molecule has 6 aromatic heterocycles. The van der Waals surface area contributed by atoms with Gasteiger partial charge in [-0.25, -0.2) is 0 Å². The summed E-state index contributed by atoms with van der Waals surface area (Å²) in [5, 5.41) is 7.53. The highest BCUT2D eigenvalue weighted by molar-refractivity contribution is 6.13. The summed E-state index contributed by atoms with van der Waals surface area (Å²) >= 11 is 0. The summed E-state index contributed by atoms with van der Waals surface area (Å²) in [5.41, 5.74) is 28.5. The van der Waals surface area contributed by atoms with Gasteiger partial charge in [-0.1, -0.05) is 148 Å². The van der Waals surface area contributed by atoms with Crippen LogP contribution < -0.4 is 0 Å². The second kappa shape index (κ2) is 20.4. The number of nitrogens with zero attached hydrogens (tertiary/aromatic N) is 6. The predicted octanol–water partition coefficient (Wildman–Crippen LogP) is 21.2. The van der Waals surface area contributed by atoms with Gasteiger partial charge in [0.1, 0.15) is 0 Å². The van der Waals surface area contributed by atoms with Gasteiger partial charge >= 0.3 is 0 Å². The smallest absolute Gasteiger partial charge is 0.0963 e. The molecule has 88 heavy (non-hydrogen) atoms. The quantitative estimate of drug-likeness (QED) is 0.160. The Hall–Kier alpha value is -10.8. The van der Waals surface area contributed by atoms with Gasteiger partial charge in [0.15, 0.2) is 0 Å². The van der Waals surface area contributed by atoms with Gasteiger partial charge in [-0.3, -0.25) is 9.97 Å². The van der Waals surface area contributed by atoms with Crippen LogP contribution in [-0.2, 0) is 12.8 Å². The largest absolute Gasteiger partial charge is 0.311 e. The van der Waals surface area contributed by atoms with E-state index in [1.807, 2.05) is 24.5 Å². The molecule has 0 unspecified atom stereocenters. The molecule has 0 radical (unpaired) electrons. The van der Waals surface area contributed by atoms with Gasteiger partial charge in [0.25, 0.3) is 0 Å². The number of fused-ring (bicyclic) bond motifs is 15. The zero-order chi connectivity index (χ0) is 58.6. The number of rotatable bonds is 7. The van der Waals surface area contributed by atoms with E-state index in [0.717, 1.165) is 64.3 Å². The maximum atomic E-state index is 4.81. The molecule has 0 saturated carbocycles. The first-order chi connectivity index (χ1) is 43.3. The molecule has 6 heterocycles. The third-order valence-electron chi connectivity index (χ3n) is 18.3. The van der Waals surface area contributed by atoms with Crippen molar-refractivity contribution >= 4 is 93.2 Å². The van der Waals surface area contributed by atoms with Gasteiger partial charge in [-0.15, -0.1) is 0 Å². The summed E-state index contributed by atoms with van der Waals surface area (Å²) in [5.74, 6) is 0. The minimum Gasteiger partial charge on any atom is -0.311 e. The zero-order valence-corrected chi connectivity index (χ0v) is 49.5. The Morgan fingerprint density at radius 1 is 0.364 bits per heavy atom. The standard InChI is InChI=1S/C48H38N2.C34H24N4/c1-48(2,3)30-31-17-23-46-42(25-31)43-28-33(21-24-47(43)49(46)36-11-5-4-6-12-36)32-18-19-34-26-35-20-22-37(29-41(35)40(34)27-32)50-44-15-9-7-13-38(44)39-14-8-10-16-45(39)50;1-3-9-25(10-4-1)37-29-17-15-23(21-27(29)33-31(37)13-7-19-35-33)24-16-18-30-28(22-24)34-32(14-8-20-36-34)38(30)26-11-5-2-6-12-26/h4-25,27-29H,26,30H2,1-3H3;1-5,7-11,13-22H,6,12H2. The minimum absolute atomic E-state index is 0.221. The lowest BCUT2D eigenvalue weighted by Crippen LogP contribution is -2.08. The summed E-state index contributed by atoms with van der Waals surface area (Å²) in [6.45, 7) is 6.96. The van der Waals surface area contributed by atoms with Crippen molar-refractivity contribution in [3.8, 4) is 50.4 Å². The molecule has 10 aromatic carbocycles. The summed E-state index contributed by atoms with van der Waals surface area (Å²) in [4.78, 5) is 9.60. The summed E-state index contributed by atoms with van der Waals surface area (Å²) in [6.07, 6.45) is 14.5. The lowest BCUT2D eigenvalue weighted by molar-refractivity contribution is 0.411. The number of hydrogen-bond donors (Lipinski definition) is 0. The molecule has 2 aliphatic carbocycles. The maximum Gasteiger partial charge on any atom is 0.0963 e. The topological polar surface area (TPSA) is 45.5 Å². The molecule has 2 aliphatic rings. The molecule has 0 amide bonds. The Kier molecular flexibility index (Phi) is 12.0. The van der Waals surface area contributed by atoms with Crippen molar-refractivity contribution in [3.05, 3.63) is 290 Å². The molecular formula is C82H62N6. The summed E-state index contributed by atoms with van der Waals surface area (Å²) in [7, 11) is 0. The van der Waals surface area contributed by atoms with Crippen LogP contribution in [-0.4, -0.2) is 28.2 Å². The average Bonchev–Trinajstić information content (AvgIpc) is 1.74. The van der Waals surface area contributed by atoms with E-state index in [1.165, 1.54) is 122 Å². The zero-order valence-electron chi connectivity index (χ0n) is 49.5. The van der Waals surface area contributed by atoms with Crippen molar-refractivity contribution in [2.45, 2.75) is 46.5 Å². The molecule has 18 rings (SSSR count). The molecule has 0 bridgehead atoms. The first-order valence-electron chi connectivity index (χ1n) is 30.8. The van der Waals surface area contributed by atoms with E-state index in [4.69, 9.17) is 9.97 Å². The van der Waals surface area contributed by atoms with Crippen LogP contribution in [0.5, 0.6) is 0 Å². The molecule has 0 fully saturated rings. The lowest BCUT2D eigenvalue weighted by atomic mass is 9.87. The molecule has 6 heteroatoms. The van der Waals surface area contributed by atoms with Crippen LogP contribution in [0.15, 0.2) is 273 Å². The normalized spacial score (nSPS) is 13.1. The van der Waals surface area contributed by atoms with Crippen molar-refractivity contribution in [3.63, 3.8) is 0 Å². The van der Waals surface area contributed by atoms with Crippen molar-refractivity contribution in [2.75, 3.05) is 0 Å². The molecule has 6 nitrogen and oxygen atoms in total. The first kappa shape index (κ1) is 51.6. The third-order valence-corrected chi connectivity index (χ3v) is 18.3. The van der Waals surface area contributed by atoms with Crippen LogP contribution in [0.2, 0.25) is 0 Å². The third kappa shape index (κ3) is 8.53. The molecular weight excluding hydrogens is 1070 g/mol. The number of allylic oxidation sites excluding steroid dienone is 4. The Morgan fingerprint density at radius 2 is 0.818 bits per heavy atom. The molecule has 0 aliphatic heterocycles. The van der Waals surface area contributed by atoms with Crippen LogP contribution in [0.3, 0.4) is 0 Å². The second-order valence-corrected chi connectivity index (χ2v) is 25.1. The first-order valence-corrected chi connectivity index (χ1v) is 30.8. The molecule has 0 N–H and O–H groups in total. The van der Waals surface area contributed by atoms with E-state index in [1.54, 1.807) is 0 Å². The van der Waals surface area contributed by atoms with Gasteiger partial charge in [-0.05, 0) is 215 Å². The highest BCUT2D eigenvalue weighted by Crippen LogP contribution is 2.44. The van der Waals surface area contributed by atoms with Gasteiger partial charge < -0.3 is 18.3 Å². The Labute approximate surface area is 510 Å². The summed E-state index contributed by atoms with van der Waals surface area (Å²) in [6, 6.07) is 89.0. The molecule has 16 aromatic rings. The van der Waals surface area contributed by atoms with Crippen LogP contribution in [0.25, 0.3) is 144 Å². The Morgan fingerprint density at radius 3 is 1.42 bits per heavy atom. The van der Waals surface area contributed by atoms with Crippen LogP contribution in [0.1, 0.15) is 50.3 Å². The number of benzene rings is 10. The summed E-state index contributed by atoms with van der Waals surface area (Å²) < 4.78 is 9.53. The maximum absolute atomic E-state index is 4.81. The minimum atomic E-state index is 0.221. The molecule has 0 atom stereocenters. The van der Waals surface area contributed by atoms with Crippen molar-refractivity contribution in [1.82, 2.24) is 28.2 Å². The van der Waals surface area contributed by atoms with Crippen molar-refractivity contribution < 1.29 is 0 Å². The van der Waals surface area contributed by atoms with Gasteiger partial charge in [-0.2, -0.15) is 0 Å². The number of para-hydroxylation sites is 4. The average molecular weight is 1130 g/mol. The molecule has 0 spiro atoms. The number of hydrogen-bond acceptors (Lipinski definition) is 2. The van der Waals surface area contributed by atoms with E-state index < -0.39 is 0 Å². The Balaban J connectivity index is 0.000000142. The van der Waals surface area contributed by atoms with E-state index in [2.05, 4.69) is 288 Å². The Bertz CT molecular complexity index is 5490. The van der Waals surface area contributed by atoms with Crippen molar-refractivity contribution in [2.24, 2.45) is 5.41 Å². The van der Waals surface area contributed by atoms with Crippen LogP contribution in [0.4, 0.5) is 0 Å². The monoisotopic (exact) mass is 1130 g/mol. The van der Waals surface area contributed by atoms with Crippen LogP contribution in [0, 0.1) is 5.41 Å². The van der Waals surface area contributed by atoms with Crippen LogP contribution >= 0.6 is 0 Å². The highest BCUT2D eigenvalue weighted by Gasteiger charge is 2.24. The highest BCUT2D eigenvalue weighted by atomic mass is 15.0. The van der Waals surface area contributed by atoms with E-state index in [9.17, 15) is 0 Å². The van der Waals surface area contributed by atoms with E-state index in [0.29, 0.717) is 0 Å². The fourth-order valence-corrected chi connectivity index (χ4v) is 14.5. The van der Waals surface area contributed by atoms with E-state index >= 15 is 0 Å². The van der Waals surface area contributed by atoms with Gasteiger partial charge in [0.2, 0.25) is 0 Å². The van der Waals surface area contributed by atoms with E-state index in [-0.39, 0.29) is 5.41 Å². The second-order valence-electron chi connectivity index (χ2n) is 25.1. The van der Waals surface area contributed by atoms with Gasteiger partial charge in [0, 0.05) is 67.5 Å². The number of pyridine rings is 2. The lowest BCUT2D eigenvalue weighted by Gasteiger charge is -2.18. The fraction of sp³-hybridized carbons (Fsp3) is 0.0976. The molecule has 420 valence electrons. The predicted molar refractivity (Wildman–Crippen MR) is 369 cm³/mol. The molecule has 0 saturated heterocycles. The fourth-order valence-electron chi connectivity index (χ4n) is 14.5. The van der Waals surface area contributed by atoms with Crippen molar-refractivity contribution in [1.29, 1.82) is 0 Å². The number of aromatic nitrogens is 6. The SMILES string of the molecule is C1=CCCC(n2c3ccc(-c4ccc5c(c4)c4ncccc4n5-c4ccccc4)cc3c3ncccc32)=C1.CC(C)(C)Cc1ccc2c(c1)c1cc(-c3ccc4c(c3)-c3cc(-n5c6ccccc6c6ccccc65)ccc3C4)ccc1n2-c1ccccc1. The van der Waals surface area contributed by atoms with Gasteiger partial charge in [0.05, 0.1) is 55.2 Å².